The van der Waals surface area contributed by atoms with Crippen molar-refractivity contribution < 1.29 is 9.47 Å². The smallest absolute Gasteiger partial charge is 0.166 e. The molecule has 0 atom stereocenters. The van der Waals surface area contributed by atoms with Crippen molar-refractivity contribution >= 4 is 35.0 Å². The fourth-order valence-corrected chi connectivity index (χ4v) is 2.50. The van der Waals surface area contributed by atoms with Crippen LogP contribution in [0, 0.1) is 0 Å². The van der Waals surface area contributed by atoms with Crippen molar-refractivity contribution in [3.63, 3.8) is 0 Å². The number of halogens is 2. The molecule has 0 spiro atoms. The van der Waals surface area contributed by atoms with Crippen LogP contribution in [0.4, 0.5) is 0 Å². The molecule has 0 N–H and O–H groups in total. The molecular weight excluding hydrogens is 255 g/mol. The van der Waals surface area contributed by atoms with Crippen molar-refractivity contribution in [3.8, 4) is 0 Å². The maximum absolute atomic E-state index is 6.01. The summed E-state index contributed by atoms with van der Waals surface area (Å²) in [4.78, 5) is 0.972. The molecule has 15 heavy (non-hydrogen) atoms. The van der Waals surface area contributed by atoms with E-state index in [9.17, 15) is 0 Å². The van der Waals surface area contributed by atoms with E-state index in [4.69, 9.17) is 32.7 Å². The van der Waals surface area contributed by atoms with Crippen molar-refractivity contribution in [1.82, 2.24) is 0 Å². The van der Waals surface area contributed by atoms with Crippen molar-refractivity contribution in [1.29, 1.82) is 0 Å². The number of rotatable bonds is 5. The van der Waals surface area contributed by atoms with E-state index in [0.29, 0.717) is 15.8 Å². The monoisotopic (exact) mass is 266 g/mol. The topological polar surface area (TPSA) is 18.5 Å². The molecule has 0 saturated heterocycles. The van der Waals surface area contributed by atoms with Crippen LogP contribution in [0.25, 0.3) is 0 Å². The summed E-state index contributed by atoms with van der Waals surface area (Å²) in [5.74, 6) is 0.689. The molecule has 84 valence electrons. The lowest BCUT2D eigenvalue weighted by Gasteiger charge is -2.13. The van der Waals surface area contributed by atoms with Crippen LogP contribution in [0.3, 0.4) is 0 Å². The van der Waals surface area contributed by atoms with Gasteiger partial charge in [0, 0.05) is 29.9 Å². The quantitative estimate of drug-likeness (QED) is 0.598. The number of methoxy groups -OCH3 is 2. The second-order valence-electron chi connectivity index (χ2n) is 2.79. The first-order valence-corrected chi connectivity index (χ1v) is 6.05. The van der Waals surface area contributed by atoms with Gasteiger partial charge in [0.2, 0.25) is 0 Å². The average molecular weight is 267 g/mol. The van der Waals surface area contributed by atoms with Gasteiger partial charge in [0.05, 0.1) is 5.02 Å². The molecule has 1 aromatic carbocycles. The van der Waals surface area contributed by atoms with E-state index in [1.807, 2.05) is 12.1 Å². The maximum Gasteiger partial charge on any atom is 0.166 e. The van der Waals surface area contributed by atoms with Crippen LogP contribution in [-0.2, 0) is 9.47 Å². The zero-order valence-corrected chi connectivity index (χ0v) is 10.8. The first kappa shape index (κ1) is 13.1. The van der Waals surface area contributed by atoms with Gasteiger partial charge >= 0.3 is 0 Å². The largest absolute Gasteiger partial charge is 0.355 e. The Bertz CT molecular complexity index is 316. The first-order valence-electron chi connectivity index (χ1n) is 4.30. The Balaban J connectivity index is 2.57. The van der Waals surface area contributed by atoms with Crippen LogP contribution in [0.5, 0.6) is 0 Å². The van der Waals surface area contributed by atoms with Gasteiger partial charge in [0.15, 0.2) is 6.29 Å². The minimum atomic E-state index is -0.221. The third-order valence-electron chi connectivity index (χ3n) is 1.79. The van der Waals surface area contributed by atoms with Gasteiger partial charge in [-0.3, -0.25) is 0 Å². The lowest BCUT2D eigenvalue weighted by atomic mass is 10.4. The summed E-state index contributed by atoms with van der Waals surface area (Å²) in [5, 5.41) is 1.29. The average Bonchev–Trinajstić information content (AvgIpc) is 2.22. The van der Waals surface area contributed by atoms with Gasteiger partial charge in [-0.15, -0.1) is 11.8 Å². The lowest BCUT2D eigenvalue weighted by molar-refractivity contribution is -0.0842. The third-order valence-corrected chi connectivity index (χ3v) is 3.56. The van der Waals surface area contributed by atoms with Crippen LogP contribution in [0.1, 0.15) is 0 Å². The van der Waals surface area contributed by atoms with E-state index >= 15 is 0 Å². The Morgan fingerprint density at radius 3 is 2.47 bits per heavy atom. The Hall–Kier alpha value is 0.0700. The second-order valence-corrected chi connectivity index (χ2v) is 4.69. The van der Waals surface area contributed by atoms with Crippen molar-refractivity contribution in [2.45, 2.75) is 11.2 Å². The Labute approximate surface area is 104 Å². The Morgan fingerprint density at radius 1 is 1.27 bits per heavy atom. The zero-order chi connectivity index (χ0) is 11.3. The van der Waals surface area contributed by atoms with Gasteiger partial charge in [-0.25, -0.2) is 0 Å². The van der Waals surface area contributed by atoms with E-state index in [1.54, 1.807) is 32.0 Å². The van der Waals surface area contributed by atoms with Crippen molar-refractivity contribution in [2.24, 2.45) is 0 Å². The molecule has 0 aliphatic rings. The van der Waals surface area contributed by atoms with E-state index in [-0.39, 0.29) is 6.29 Å². The van der Waals surface area contributed by atoms with Gasteiger partial charge in [-0.1, -0.05) is 23.2 Å². The highest BCUT2D eigenvalue weighted by atomic mass is 35.5. The molecule has 0 aliphatic carbocycles. The number of benzene rings is 1. The SMILES string of the molecule is COC(CSc1ccc(Cl)cc1Cl)OC. The summed E-state index contributed by atoms with van der Waals surface area (Å²) in [7, 11) is 3.22. The van der Waals surface area contributed by atoms with Crippen molar-refractivity contribution in [3.05, 3.63) is 28.2 Å². The van der Waals surface area contributed by atoms with Gasteiger partial charge in [0.25, 0.3) is 0 Å². The summed E-state index contributed by atoms with van der Waals surface area (Å²) >= 11 is 13.4. The highest BCUT2D eigenvalue weighted by molar-refractivity contribution is 7.99. The van der Waals surface area contributed by atoms with Crippen LogP contribution < -0.4 is 0 Å². The fourth-order valence-electron chi connectivity index (χ4n) is 0.982. The summed E-state index contributed by atoms with van der Waals surface area (Å²) in [6.45, 7) is 0. The number of thioether (sulfide) groups is 1. The zero-order valence-electron chi connectivity index (χ0n) is 8.50. The van der Waals surface area contributed by atoms with E-state index < -0.39 is 0 Å². The molecule has 0 saturated carbocycles. The molecule has 1 aromatic rings. The van der Waals surface area contributed by atoms with Crippen LogP contribution in [0.15, 0.2) is 23.1 Å². The number of hydrogen-bond acceptors (Lipinski definition) is 3. The van der Waals surface area contributed by atoms with E-state index in [1.165, 1.54) is 0 Å². The molecule has 0 unspecified atom stereocenters. The summed E-state index contributed by atoms with van der Waals surface area (Å²) in [6.07, 6.45) is -0.221. The highest BCUT2D eigenvalue weighted by Gasteiger charge is 2.08. The molecule has 0 heterocycles. The summed E-state index contributed by atoms with van der Waals surface area (Å²) in [5.41, 5.74) is 0. The molecule has 1 rings (SSSR count). The first-order chi connectivity index (χ1) is 7.17. The molecule has 0 fully saturated rings. The molecule has 0 bridgehead atoms. The van der Waals surface area contributed by atoms with Gasteiger partial charge in [0.1, 0.15) is 0 Å². The number of hydrogen-bond donors (Lipinski definition) is 0. The molecule has 0 aliphatic heterocycles. The van der Waals surface area contributed by atoms with Crippen molar-refractivity contribution in [2.75, 3.05) is 20.0 Å². The van der Waals surface area contributed by atoms with Gasteiger partial charge in [-0.05, 0) is 18.2 Å². The molecule has 5 heteroatoms. The van der Waals surface area contributed by atoms with E-state index in [2.05, 4.69) is 0 Å². The lowest BCUT2D eigenvalue weighted by Crippen LogP contribution is -2.15. The summed E-state index contributed by atoms with van der Waals surface area (Å²) < 4.78 is 10.1. The predicted octanol–water partition coefficient (Wildman–Crippen LogP) is 3.70. The van der Waals surface area contributed by atoms with Crippen LogP contribution in [0.2, 0.25) is 10.0 Å². The minimum absolute atomic E-state index is 0.221. The van der Waals surface area contributed by atoms with E-state index in [0.717, 1.165) is 4.90 Å². The second kappa shape index (κ2) is 6.61. The maximum atomic E-state index is 6.01. The Kier molecular flexibility index (Phi) is 5.79. The number of ether oxygens (including phenoxy) is 2. The predicted molar refractivity (Wildman–Crippen MR) is 65.0 cm³/mol. The highest BCUT2D eigenvalue weighted by Crippen LogP contribution is 2.30. The third kappa shape index (κ3) is 4.21. The Morgan fingerprint density at radius 2 is 1.93 bits per heavy atom. The normalized spacial score (nSPS) is 11.0. The molecular formula is C10H12Cl2O2S. The molecule has 0 aromatic heterocycles. The van der Waals surface area contributed by atoms with Gasteiger partial charge in [-0.2, -0.15) is 0 Å². The fraction of sp³-hybridized carbons (Fsp3) is 0.400. The molecule has 0 amide bonds. The molecule has 2 nitrogen and oxygen atoms in total. The minimum Gasteiger partial charge on any atom is -0.355 e. The van der Waals surface area contributed by atoms with Gasteiger partial charge < -0.3 is 9.47 Å². The molecule has 0 radical (unpaired) electrons. The van der Waals surface area contributed by atoms with Crippen LogP contribution in [-0.4, -0.2) is 26.3 Å². The standard InChI is InChI=1S/C10H12Cl2O2S/c1-13-10(14-2)6-15-9-4-3-7(11)5-8(9)12/h3-5,10H,6H2,1-2H3. The summed E-state index contributed by atoms with van der Waals surface area (Å²) in [6, 6.07) is 5.42. The van der Waals surface area contributed by atoms with Crippen LogP contribution >= 0.6 is 35.0 Å².